The second-order valence-electron chi connectivity index (χ2n) is 6.27. The van der Waals surface area contributed by atoms with E-state index in [0.717, 1.165) is 5.56 Å². The van der Waals surface area contributed by atoms with Gasteiger partial charge in [0.15, 0.2) is 0 Å². The van der Waals surface area contributed by atoms with Crippen LogP contribution in [0.2, 0.25) is 5.02 Å². The Bertz CT molecular complexity index is 979. The van der Waals surface area contributed by atoms with Crippen molar-refractivity contribution in [3.05, 3.63) is 76.7 Å². The van der Waals surface area contributed by atoms with Crippen molar-refractivity contribution in [2.75, 3.05) is 17.7 Å². The van der Waals surface area contributed by atoms with Crippen molar-refractivity contribution in [3.8, 4) is 5.75 Å². The fourth-order valence-electron chi connectivity index (χ4n) is 2.74. The molecule has 1 atom stereocenters. The number of rotatable bonds is 6. The van der Waals surface area contributed by atoms with Crippen molar-refractivity contribution < 1.29 is 9.53 Å². The van der Waals surface area contributed by atoms with Gasteiger partial charge in [-0.2, -0.15) is 0 Å². The molecule has 2 N–H and O–H groups in total. The third-order valence-corrected chi connectivity index (χ3v) is 4.44. The van der Waals surface area contributed by atoms with Crippen LogP contribution >= 0.6 is 11.6 Å². The fourth-order valence-corrected chi connectivity index (χ4v) is 3.00. The molecule has 6 nitrogen and oxygen atoms in total. The van der Waals surface area contributed by atoms with Gasteiger partial charge in [0.05, 0.1) is 12.1 Å². The van der Waals surface area contributed by atoms with E-state index in [9.17, 15) is 4.79 Å². The average Bonchev–Trinajstić information content (AvgIpc) is 2.68. The van der Waals surface area contributed by atoms with Crippen LogP contribution in [0.15, 0.2) is 54.6 Å². The third-order valence-electron chi connectivity index (χ3n) is 4.14. The van der Waals surface area contributed by atoms with Gasteiger partial charge in [-0.25, -0.2) is 9.97 Å². The molecular formula is C21H21ClN4O2. The Kier molecular flexibility index (Phi) is 6.11. The summed E-state index contributed by atoms with van der Waals surface area (Å²) in [5.41, 5.74) is 1.94. The van der Waals surface area contributed by atoms with E-state index in [4.69, 9.17) is 16.3 Å². The number of ether oxygens (including phenoxy) is 1. The van der Waals surface area contributed by atoms with Crippen molar-refractivity contribution in [3.63, 3.8) is 0 Å². The highest BCUT2D eigenvalue weighted by Gasteiger charge is 2.13. The highest BCUT2D eigenvalue weighted by molar-refractivity contribution is 6.32. The van der Waals surface area contributed by atoms with Gasteiger partial charge < -0.3 is 15.4 Å². The lowest BCUT2D eigenvalue weighted by Crippen LogP contribution is -2.16. The molecule has 7 heteroatoms. The Morgan fingerprint density at radius 2 is 1.86 bits per heavy atom. The van der Waals surface area contributed by atoms with Crippen molar-refractivity contribution in [1.29, 1.82) is 0 Å². The number of carbonyl (C=O) groups is 1. The minimum Gasteiger partial charge on any atom is -0.495 e. The van der Waals surface area contributed by atoms with Crippen LogP contribution in [-0.4, -0.2) is 23.0 Å². The molecular weight excluding hydrogens is 376 g/mol. The summed E-state index contributed by atoms with van der Waals surface area (Å²) in [6.45, 7) is 3.78. The monoisotopic (exact) mass is 396 g/mol. The molecule has 3 rings (SSSR count). The molecule has 144 valence electrons. The highest BCUT2D eigenvalue weighted by atomic mass is 35.5. The molecule has 0 saturated carbocycles. The average molecular weight is 397 g/mol. The van der Waals surface area contributed by atoms with Crippen LogP contribution in [0, 0.1) is 6.92 Å². The summed E-state index contributed by atoms with van der Waals surface area (Å²) in [5.74, 6) is 1.28. The summed E-state index contributed by atoms with van der Waals surface area (Å²) in [7, 11) is 1.54. The minimum atomic E-state index is -0.345. The summed E-state index contributed by atoms with van der Waals surface area (Å²) < 4.78 is 5.12. The lowest BCUT2D eigenvalue weighted by molar-refractivity contribution is 0.102. The maximum absolute atomic E-state index is 12.6. The molecule has 1 unspecified atom stereocenters. The molecule has 0 spiro atoms. The van der Waals surface area contributed by atoms with Gasteiger partial charge in [0, 0.05) is 17.8 Å². The van der Waals surface area contributed by atoms with E-state index < -0.39 is 0 Å². The van der Waals surface area contributed by atoms with Crippen molar-refractivity contribution in [1.82, 2.24) is 9.97 Å². The fraction of sp³-hybridized carbons (Fsp3) is 0.190. The van der Waals surface area contributed by atoms with E-state index in [0.29, 0.717) is 28.1 Å². The van der Waals surface area contributed by atoms with E-state index >= 15 is 0 Å². The van der Waals surface area contributed by atoms with Gasteiger partial charge in [0.1, 0.15) is 23.1 Å². The molecule has 2 aromatic carbocycles. The Morgan fingerprint density at radius 1 is 1.11 bits per heavy atom. The molecule has 0 aliphatic rings. The SMILES string of the molecule is COc1ccc(NC(=O)c2cc(NC(C)c3ccccc3)nc(C)n2)cc1Cl. The maximum Gasteiger partial charge on any atom is 0.274 e. The Balaban J connectivity index is 1.77. The zero-order valence-corrected chi connectivity index (χ0v) is 16.6. The van der Waals surface area contributed by atoms with Gasteiger partial charge in [-0.15, -0.1) is 0 Å². The topological polar surface area (TPSA) is 76.1 Å². The molecule has 0 aliphatic carbocycles. The normalized spacial score (nSPS) is 11.6. The Hall–Kier alpha value is -3.12. The quantitative estimate of drug-likeness (QED) is 0.621. The van der Waals surface area contributed by atoms with Crippen molar-refractivity contribution in [2.45, 2.75) is 19.9 Å². The largest absolute Gasteiger partial charge is 0.495 e. The van der Waals surface area contributed by atoms with Gasteiger partial charge in [-0.3, -0.25) is 4.79 Å². The second kappa shape index (κ2) is 8.71. The predicted octanol–water partition coefficient (Wildman–Crippen LogP) is 4.87. The van der Waals surface area contributed by atoms with Gasteiger partial charge in [-0.1, -0.05) is 41.9 Å². The van der Waals surface area contributed by atoms with E-state index in [-0.39, 0.29) is 17.6 Å². The molecule has 28 heavy (non-hydrogen) atoms. The number of benzene rings is 2. The van der Waals surface area contributed by atoms with Crippen molar-refractivity contribution in [2.24, 2.45) is 0 Å². The standard InChI is InChI=1S/C21H21ClN4O2/c1-13(15-7-5-4-6-8-15)23-20-12-18(24-14(2)25-20)21(27)26-16-9-10-19(28-3)17(22)11-16/h4-13H,1-3H3,(H,26,27)(H,23,24,25). The Labute approximate surface area is 168 Å². The summed E-state index contributed by atoms with van der Waals surface area (Å²) in [4.78, 5) is 21.3. The number of methoxy groups -OCH3 is 1. The van der Waals surface area contributed by atoms with Crippen molar-refractivity contribution >= 4 is 29.0 Å². The van der Waals surface area contributed by atoms with E-state index in [1.54, 1.807) is 31.2 Å². The summed E-state index contributed by atoms with van der Waals surface area (Å²) in [6.07, 6.45) is 0. The molecule has 1 heterocycles. The van der Waals surface area contributed by atoms with Crippen LogP contribution in [0.4, 0.5) is 11.5 Å². The zero-order valence-electron chi connectivity index (χ0n) is 15.9. The summed E-state index contributed by atoms with van der Waals surface area (Å²) >= 11 is 6.11. The summed E-state index contributed by atoms with van der Waals surface area (Å²) in [6, 6.07) is 16.7. The van der Waals surface area contributed by atoms with Gasteiger partial charge >= 0.3 is 0 Å². The van der Waals surface area contributed by atoms with E-state index in [2.05, 4.69) is 20.6 Å². The highest BCUT2D eigenvalue weighted by Crippen LogP contribution is 2.27. The predicted molar refractivity (Wildman–Crippen MR) is 111 cm³/mol. The number of aromatic nitrogens is 2. The molecule has 1 aromatic heterocycles. The molecule has 1 amide bonds. The molecule has 0 radical (unpaired) electrons. The molecule has 0 fully saturated rings. The van der Waals surface area contributed by atoms with Gasteiger partial charge in [0.2, 0.25) is 0 Å². The number of anilines is 2. The number of halogens is 1. The number of nitrogens with zero attached hydrogens (tertiary/aromatic N) is 2. The second-order valence-corrected chi connectivity index (χ2v) is 6.67. The van der Waals surface area contributed by atoms with E-state index in [1.165, 1.54) is 7.11 Å². The number of carbonyl (C=O) groups excluding carboxylic acids is 1. The van der Waals surface area contributed by atoms with Crippen LogP contribution in [0.3, 0.4) is 0 Å². The Morgan fingerprint density at radius 3 is 2.54 bits per heavy atom. The first-order chi connectivity index (χ1) is 13.5. The molecule has 0 aliphatic heterocycles. The molecule has 3 aromatic rings. The van der Waals surface area contributed by atoms with Crippen LogP contribution in [0.5, 0.6) is 5.75 Å². The molecule has 0 bridgehead atoms. The first-order valence-electron chi connectivity index (χ1n) is 8.78. The summed E-state index contributed by atoms with van der Waals surface area (Å²) in [5, 5.41) is 6.52. The number of amides is 1. The third kappa shape index (κ3) is 4.78. The van der Waals surface area contributed by atoms with Gasteiger partial charge in [0.25, 0.3) is 5.91 Å². The number of hydrogen-bond acceptors (Lipinski definition) is 5. The lowest BCUT2D eigenvalue weighted by Gasteiger charge is -2.16. The van der Waals surface area contributed by atoms with Crippen LogP contribution in [0.25, 0.3) is 0 Å². The van der Waals surface area contributed by atoms with Gasteiger partial charge in [-0.05, 0) is 37.6 Å². The minimum absolute atomic E-state index is 0.0341. The van der Waals surface area contributed by atoms with Crippen LogP contribution < -0.4 is 15.4 Å². The van der Waals surface area contributed by atoms with E-state index in [1.807, 2.05) is 37.3 Å². The first-order valence-corrected chi connectivity index (χ1v) is 9.16. The van der Waals surface area contributed by atoms with Crippen LogP contribution in [0.1, 0.15) is 34.8 Å². The molecule has 0 saturated heterocycles. The van der Waals surface area contributed by atoms with Crippen LogP contribution in [-0.2, 0) is 0 Å². The number of aryl methyl sites for hydroxylation is 1. The zero-order chi connectivity index (χ0) is 20.1. The maximum atomic E-state index is 12.6. The number of hydrogen-bond donors (Lipinski definition) is 2. The smallest absolute Gasteiger partial charge is 0.274 e. The number of nitrogens with one attached hydrogen (secondary N) is 2. The lowest BCUT2D eigenvalue weighted by atomic mass is 10.1. The first kappa shape index (κ1) is 19.6.